The Balaban J connectivity index is 1.68. The van der Waals surface area contributed by atoms with Crippen molar-refractivity contribution >= 4 is 17.2 Å². The van der Waals surface area contributed by atoms with Crippen molar-refractivity contribution in [2.45, 2.75) is 20.3 Å². The summed E-state index contributed by atoms with van der Waals surface area (Å²) in [6.45, 7) is 4.60. The van der Waals surface area contributed by atoms with Crippen LogP contribution in [0.25, 0.3) is 5.69 Å². The molecule has 3 rings (SSSR count). The van der Waals surface area contributed by atoms with Gasteiger partial charge in [-0.05, 0) is 43.8 Å². The average Bonchev–Trinajstić information content (AvgIpc) is 3.18. The molecule has 2 heterocycles. The van der Waals surface area contributed by atoms with E-state index in [1.54, 1.807) is 22.2 Å². The third-order valence-electron chi connectivity index (χ3n) is 3.77. The van der Waals surface area contributed by atoms with Crippen molar-refractivity contribution in [1.82, 2.24) is 15.1 Å². The number of thiophene rings is 1. The fourth-order valence-corrected chi connectivity index (χ4v) is 3.14. The van der Waals surface area contributed by atoms with E-state index in [9.17, 15) is 4.79 Å². The number of aromatic nitrogens is 2. The second-order valence-corrected chi connectivity index (χ2v) is 6.51. The predicted octanol–water partition coefficient (Wildman–Crippen LogP) is 3.52. The van der Waals surface area contributed by atoms with E-state index < -0.39 is 0 Å². The van der Waals surface area contributed by atoms with Crippen LogP contribution in [-0.4, -0.2) is 22.2 Å². The molecule has 0 aliphatic rings. The lowest BCUT2D eigenvalue weighted by Crippen LogP contribution is -2.25. The molecule has 0 spiro atoms. The second-order valence-electron chi connectivity index (χ2n) is 5.48. The van der Waals surface area contributed by atoms with Crippen LogP contribution in [-0.2, 0) is 6.42 Å². The molecule has 0 saturated carbocycles. The first-order valence-corrected chi connectivity index (χ1v) is 8.45. The highest BCUT2D eigenvalue weighted by Crippen LogP contribution is 2.15. The quantitative estimate of drug-likeness (QED) is 0.780. The van der Waals surface area contributed by atoms with Crippen LogP contribution in [0.15, 0.2) is 48.0 Å². The minimum atomic E-state index is -0.0718. The SMILES string of the molecule is Cc1ccc(-n2ncc(C(=O)NCCc3cccs3)c2C)cc1. The number of amides is 1. The standard InChI is InChI=1S/C18H19N3OS/c1-13-5-7-15(8-6-13)21-14(2)17(12-20-21)18(22)19-10-9-16-4-3-11-23-16/h3-8,11-12H,9-10H2,1-2H3,(H,19,22). The van der Waals surface area contributed by atoms with Gasteiger partial charge in [0.1, 0.15) is 0 Å². The molecular weight excluding hydrogens is 306 g/mol. The highest BCUT2D eigenvalue weighted by Gasteiger charge is 2.14. The summed E-state index contributed by atoms with van der Waals surface area (Å²) in [7, 11) is 0. The van der Waals surface area contributed by atoms with E-state index >= 15 is 0 Å². The van der Waals surface area contributed by atoms with Gasteiger partial charge in [-0.15, -0.1) is 11.3 Å². The van der Waals surface area contributed by atoms with Crippen molar-refractivity contribution in [3.05, 3.63) is 69.7 Å². The lowest BCUT2D eigenvalue weighted by Gasteiger charge is -2.07. The van der Waals surface area contributed by atoms with Gasteiger partial charge in [0.05, 0.1) is 23.1 Å². The van der Waals surface area contributed by atoms with Gasteiger partial charge in [-0.3, -0.25) is 4.79 Å². The summed E-state index contributed by atoms with van der Waals surface area (Å²) in [5.41, 5.74) is 3.63. The normalized spacial score (nSPS) is 10.7. The first kappa shape index (κ1) is 15.5. The molecule has 1 N–H and O–H groups in total. The fraction of sp³-hybridized carbons (Fsp3) is 0.222. The maximum absolute atomic E-state index is 12.3. The first-order chi connectivity index (χ1) is 11.1. The lowest BCUT2D eigenvalue weighted by molar-refractivity contribution is 0.0953. The molecule has 5 heteroatoms. The van der Waals surface area contributed by atoms with Crippen molar-refractivity contribution in [2.75, 3.05) is 6.54 Å². The Morgan fingerprint density at radius 2 is 2.00 bits per heavy atom. The molecule has 0 unspecified atom stereocenters. The van der Waals surface area contributed by atoms with Crippen molar-refractivity contribution < 1.29 is 4.79 Å². The number of hydrogen-bond donors (Lipinski definition) is 1. The van der Waals surface area contributed by atoms with E-state index in [1.165, 1.54) is 10.4 Å². The minimum absolute atomic E-state index is 0.0718. The summed E-state index contributed by atoms with van der Waals surface area (Å²) in [6.07, 6.45) is 2.49. The number of nitrogens with one attached hydrogen (secondary N) is 1. The molecule has 3 aromatic rings. The number of rotatable bonds is 5. The summed E-state index contributed by atoms with van der Waals surface area (Å²) in [4.78, 5) is 13.6. The van der Waals surface area contributed by atoms with Crippen molar-refractivity contribution in [2.24, 2.45) is 0 Å². The van der Waals surface area contributed by atoms with E-state index in [0.717, 1.165) is 17.8 Å². The van der Waals surface area contributed by atoms with Crippen LogP contribution in [0.1, 0.15) is 26.5 Å². The third-order valence-corrected chi connectivity index (χ3v) is 4.71. The fourth-order valence-electron chi connectivity index (χ4n) is 2.43. The van der Waals surface area contributed by atoms with Gasteiger partial charge < -0.3 is 5.32 Å². The van der Waals surface area contributed by atoms with Gasteiger partial charge in [0.25, 0.3) is 5.91 Å². The van der Waals surface area contributed by atoms with Crippen LogP contribution in [0.5, 0.6) is 0 Å². The Bertz CT molecular complexity index is 788. The Hall–Kier alpha value is -2.40. The van der Waals surface area contributed by atoms with E-state index in [4.69, 9.17) is 0 Å². The topological polar surface area (TPSA) is 46.9 Å². The van der Waals surface area contributed by atoms with Gasteiger partial charge in [0, 0.05) is 11.4 Å². The first-order valence-electron chi connectivity index (χ1n) is 7.57. The number of nitrogens with zero attached hydrogens (tertiary/aromatic N) is 2. The third kappa shape index (κ3) is 3.51. The van der Waals surface area contributed by atoms with Gasteiger partial charge in [-0.1, -0.05) is 23.8 Å². The molecule has 0 fully saturated rings. The summed E-state index contributed by atoms with van der Waals surface area (Å²) in [6, 6.07) is 12.2. The van der Waals surface area contributed by atoms with Crippen LogP contribution in [0.3, 0.4) is 0 Å². The number of carbonyl (C=O) groups excluding carboxylic acids is 1. The van der Waals surface area contributed by atoms with Gasteiger partial charge >= 0.3 is 0 Å². The van der Waals surface area contributed by atoms with E-state index in [2.05, 4.69) is 16.5 Å². The summed E-state index contributed by atoms with van der Waals surface area (Å²) >= 11 is 1.71. The molecule has 0 bridgehead atoms. The van der Waals surface area contributed by atoms with Gasteiger partial charge in [0.15, 0.2) is 0 Å². The maximum atomic E-state index is 12.3. The molecule has 0 radical (unpaired) electrons. The summed E-state index contributed by atoms with van der Waals surface area (Å²) < 4.78 is 1.80. The predicted molar refractivity (Wildman–Crippen MR) is 93.4 cm³/mol. The molecule has 4 nitrogen and oxygen atoms in total. The van der Waals surface area contributed by atoms with E-state index in [-0.39, 0.29) is 5.91 Å². The van der Waals surface area contributed by atoms with Crippen LogP contribution in [0.4, 0.5) is 0 Å². The molecule has 1 aromatic carbocycles. The van der Waals surface area contributed by atoms with E-state index in [0.29, 0.717) is 12.1 Å². The Morgan fingerprint density at radius 3 is 2.70 bits per heavy atom. The molecule has 2 aromatic heterocycles. The highest BCUT2D eigenvalue weighted by molar-refractivity contribution is 7.09. The number of carbonyl (C=O) groups is 1. The number of benzene rings is 1. The zero-order valence-corrected chi connectivity index (χ0v) is 14.1. The van der Waals surface area contributed by atoms with Crippen molar-refractivity contribution in [1.29, 1.82) is 0 Å². The Morgan fingerprint density at radius 1 is 1.22 bits per heavy atom. The molecule has 23 heavy (non-hydrogen) atoms. The molecule has 0 aliphatic heterocycles. The zero-order chi connectivity index (χ0) is 16.2. The average molecular weight is 325 g/mol. The zero-order valence-electron chi connectivity index (χ0n) is 13.2. The van der Waals surface area contributed by atoms with Crippen LogP contribution in [0, 0.1) is 13.8 Å². The second kappa shape index (κ2) is 6.79. The number of aryl methyl sites for hydroxylation is 1. The smallest absolute Gasteiger partial charge is 0.254 e. The monoisotopic (exact) mass is 325 g/mol. The minimum Gasteiger partial charge on any atom is -0.352 e. The molecule has 0 saturated heterocycles. The van der Waals surface area contributed by atoms with Crippen molar-refractivity contribution in [3.63, 3.8) is 0 Å². The van der Waals surface area contributed by atoms with Gasteiger partial charge in [-0.2, -0.15) is 5.10 Å². The molecular formula is C18H19N3OS. The molecule has 0 aliphatic carbocycles. The Kier molecular flexibility index (Phi) is 4.57. The lowest BCUT2D eigenvalue weighted by atomic mass is 10.2. The molecule has 118 valence electrons. The summed E-state index contributed by atoms with van der Waals surface area (Å²) in [5, 5.41) is 9.37. The largest absolute Gasteiger partial charge is 0.352 e. The van der Waals surface area contributed by atoms with Crippen LogP contribution in [0.2, 0.25) is 0 Å². The van der Waals surface area contributed by atoms with E-state index in [1.807, 2.05) is 49.6 Å². The van der Waals surface area contributed by atoms with Gasteiger partial charge in [-0.25, -0.2) is 4.68 Å². The van der Waals surface area contributed by atoms with Crippen LogP contribution >= 0.6 is 11.3 Å². The van der Waals surface area contributed by atoms with Crippen molar-refractivity contribution in [3.8, 4) is 5.69 Å². The summed E-state index contributed by atoms with van der Waals surface area (Å²) in [5.74, 6) is -0.0718. The maximum Gasteiger partial charge on any atom is 0.254 e. The molecule has 1 amide bonds. The van der Waals surface area contributed by atoms with Crippen LogP contribution < -0.4 is 5.32 Å². The molecule has 0 atom stereocenters. The van der Waals surface area contributed by atoms with Gasteiger partial charge in [0.2, 0.25) is 0 Å². The highest BCUT2D eigenvalue weighted by atomic mass is 32.1. The number of hydrogen-bond acceptors (Lipinski definition) is 3. The Labute approximate surface area is 139 Å².